The Kier molecular flexibility index (Phi) is 5.00. The second-order valence-corrected chi connectivity index (χ2v) is 10.7. The van der Waals surface area contributed by atoms with Crippen molar-refractivity contribution in [1.82, 2.24) is 9.55 Å². The molecule has 184 valence electrons. The van der Waals surface area contributed by atoms with Crippen LogP contribution in [0.1, 0.15) is 0 Å². The number of pyridine rings is 1. The predicted molar refractivity (Wildman–Crippen MR) is 166 cm³/mol. The smallest absolute Gasteiger partial charge is 0.124 e. The van der Waals surface area contributed by atoms with E-state index >= 15 is 0 Å². The van der Waals surface area contributed by atoms with Crippen LogP contribution in [0.5, 0.6) is 0 Å². The number of rotatable bonds is 4. The molecule has 3 aromatic heterocycles. The minimum atomic E-state index is 1.05. The number of hydrogen-bond acceptors (Lipinski definition) is 3. The van der Waals surface area contributed by atoms with Crippen molar-refractivity contribution in [3.8, 4) is 5.69 Å². The Bertz CT molecular complexity index is 2030. The fraction of sp³-hybridized carbons (Fsp3) is 0. The van der Waals surface area contributed by atoms with Gasteiger partial charge in [-0.3, -0.25) is 0 Å². The van der Waals surface area contributed by atoms with Crippen LogP contribution in [-0.2, 0) is 0 Å². The Balaban J connectivity index is 1.36. The second-order valence-electron chi connectivity index (χ2n) is 9.70. The fourth-order valence-electron chi connectivity index (χ4n) is 5.70. The van der Waals surface area contributed by atoms with Crippen molar-refractivity contribution in [2.24, 2.45) is 0 Å². The molecule has 0 bridgehead atoms. The number of benzene rings is 5. The minimum Gasteiger partial charge on any atom is -0.310 e. The first-order valence-corrected chi connectivity index (χ1v) is 13.9. The highest BCUT2D eigenvalue weighted by atomic mass is 32.1. The standard InChI is InChI=1S/C35H23N3S/c1-3-11-24(12-4-1)37(25-13-5-2-6-14-25)26-19-20-34-30(21-26)31-22-27(23-36-35(31)39-34)38-32-17-9-7-15-28(32)29-16-8-10-18-33(29)38/h1-23H. The molecule has 0 atom stereocenters. The maximum Gasteiger partial charge on any atom is 0.124 e. The summed E-state index contributed by atoms with van der Waals surface area (Å²) in [5.74, 6) is 0. The summed E-state index contributed by atoms with van der Waals surface area (Å²) in [4.78, 5) is 8.33. The molecule has 0 N–H and O–H groups in total. The molecule has 0 fully saturated rings. The van der Waals surface area contributed by atoms with Gasteiger partial charge in [-0.2, -0.15) is 0 Å². The molecule has 0 amide bonds. The van der Waals surface area contributed by atoms with Crippen molar-refractivity contribution in [1.29, 1.82) is 0 Å². The molecule has 0 aliphatic heterocycles. The van der Waals surface area contributed by atoms with Gasteiger partial charge in [0.25, 0.3) is 0 Å². The monoisotopic (exact) mass is 517 g/mol. The molecule has 0 saturated heterocycles. The van der Waals surface area contributed by atoms with Crippen molar-refractivity contribution < 1.29 is 0 Å². The molecular weight excluding hydrogens is 494 g/mol. The third-order valence-electron chi connectivity index (χ3n) is 7.42. The lowest BCUT2D eigenvalue weighted by Gasteiger charge is -2.25. The van der Waals surface area contributed by atoms with Crippen LogP contribution in [0.25, 0.3) is 47.8 Å². The van der Waals surface area contributed by atoms with Crippen molar-refractivity contribution in [2.45, 2.75) is 0 Å². The maximum atomic E-state index is 4.96. The Morgan fingerprint density at radius 3 is 1.74 bits per heavy atom. The number of para-hydroxylation sites is 4. The molecule has 8 aromatic rings. The lowest BCUT2D eigenvalue weighted by molar-refractivity contribution is 1.16. The van der Waals surface area contributed by atoms with Crippen molar-refractivity contribution in [2.75, 3.05) is 4.90 Å². The van der Waals surface area contributed by atoms with Crippen molar-refractivity contribution >= 4 is 70.5 Å². The van der Waals surface area contributed by atoms with Crippen LogP contribution in [0, 0.1) is 0 Å². The summed E-state index contributed by atoms with van der Waals surface area (Å²) < 4.78 is 3.58. The van der Waals surface area contributed by atoms with E-state index in [1.54, 1.807) is 11.3 Å². The molecule has 39 heavy (non-hydrogen) atoms. The van der Waals surface area contributed by atoms with E-state index < -0.39 is 0 Å². The van der Waals surface area contributed by atoms with Gasteiger partial charge in [-0.05, 0) is 60.7 Å². The lowest BCUT2D eigenvalue weighted by atomic mass is 10.1. The van der Waals surface area contributed by atoms with E-state index in [0.29, 0.717) is 0 Å². The van der Waals surface area contributed by atoms with Crippen LogP contribution >= 0.6 is 11.3 Å². The number of fused-ring (bicyclic) bond motifs is 6. The van der Waals surface area contributed by atoms with Crippen LogP contribution in [0.15, 0.2) is 140 Å². The van der Waals surface area contributed by atoms with Gasteiger partial charge in [0.1, 0.15) is 4.83 Å². The highest BCUT2D eigenvalue weighted by Crippen LogP contribution is 2.41. The van der Waals surface area contributed by atoms with Crippen LogP contribution in [-0.4, -0.2) is 9.55 Å². The zero-order chi connectivity index (χ0) is 25.8. The molecule has 8 rings (SSSR count). The topological polar surface area (TPSA) is 21.1 Å². The largest absolute Gasteiger partial charge is 0.310 e. The van der Waals surface area contributed by atoms with Gasteiger partial charge in [0.2, 0.25) is 0 Å². The summed E-state index contributed by atoms with van der Waals surface area (Å²) in [6.07, 6.45) is 2.01. The van der Waals surface area contributed by atoms with E-state index in [0.717, 1.165) is 27.6 Å². The molecule has 4 heteroatoms. The van der Waals surface area contributed by atoms with Crippen LogP contribution in [0.4, 0.5) is 17.1 Å². The predicted octanol–water partition coefficient (Wildman–Crippen LogP) is 10.0. The number of hydrogen-bond donors (Lipinski definition) is 0. The second kappa shape index (κ2) is 8.83. The molecule has 0 aliphatic rings. The van der Waals surface area contributed by atoms with E-state index in [1.165, 1.54) is 37.3 Å². The Hall–Kier alpha value is -4.93. The van der Waals surface area contributed by atoms with Gasteiger partial charge in [0.15, 0.2) is 0 Å². The van der Waals surface area contributed by atoms with Crippen LogP contribution in [0.3, 0.4) is 0 Å². The van der Waals surface area contributed by atoms with Gasteiger partial charge in [0, 0.05) is 43.3 Å². The molecule has 0 spiro atoms. The molecular formula is C35H23N3S. The molecule has 0 radical (unpaired) electrons. The molecule has 3 nitrogen and oxygen atoms in total. The Labute approximate surface area is 229 Å². The maximum absolute atomic E-state index is 4.96. The van der Waals surface area contributed by atoms with Gasteiger partial charge in [-0.15, -0.1) is 11.3 Å². The van der Waals surface area contributed by atoms with Crippen LogP contribution in [0.2, 0.25) is 0 Å². The highest BCUT2D eigenvalue weighted by Gasteiger charge is 2.17. The zero-order valence-corrected chi connectivity index (χ0v) is 21.8. The normalized spacial score (nSPS) is 11.6. The molecule has 0 saturated carbocycles. The van der Waals surface area contributed by atoms with Gasteiger partial charge < -0.3 is 9.47 Å². The van der Waals surface area contributed by atoms with E-state index in [2.05, 4.69) is 143 Å². The summed E-state index contributed by atoms with van der Waals surface area (Å²) in [6, 6.07) is 47.4. The number of thiophene rings is 1. The van der Waals surface area contributed by atoms with Crippen molar-refractivity contribution in [3.63, 3.8) is 0 Å². The summed E-state index contributed by atoms with van der Waals surface area (Å²) in [5, 5.41) is 4.91. The molecule has 5 aromatic carbocycles. The number of aromatic nitrogens is 2. The Morgan fingerprint density at radius 1 is 0.513 bits per heavy atom. The Morgan fingerprint density at radius 2 is 1.10 bits per heavy atom. The van der Waals surface area contributed by atoms with Gasteiger partial charge >= 0.3 is 0 Å². The molecule has 0 unspecified atom stereocenters. The van der Waals surface area contributed by atoms with E-state index in [1.807, 2.05) is 6.20 Å². The average Bonchev–Trinajstić information content (AvgIpc) is 3.53. The van der Waals surface area contributed by atoms with E-state index in [4.69, 9.17) is 4.98 Å². The molecule has 0 aliphatic carbocycles. The average molecular weight is 518 g/mol. The quantitative estimate of drug-likeness (QED) is 0.232. The van der Waals surface area contributed by atoms with Crippen LogP contribution < -0.4 is 4.90 Å². The minimum absolute atomic E-state index is 1.05. The van der Waals surface area contributed by atoms with Crippen molar-refractivity contribution in [3.05, 3.63) is 140 Å². The third kappa shape index (κ3) is 3.53. The zero-order valence-electron chi connectivity index (χ0n) is 21.0. The summed E-state index contributed by atoms with van der Waals surface area (Å²) >= 11 is 1.75. The van der Waals surface area contributed by atoms with E-state index in [9.17, 15) is 0 Å². The first kappa shape index (κ1) is 22.1. The first-order valence-electron chi connectivity index (χ1n) is 13.1. The van der Waals surface area contributed by atoms with Gasteiger partial charge in [-0.1, -0.05) is 72.8 Å². The SMILES string of the molecule is c1ccc(N(c2ccccc2)c2ccc3sc4ncc(-n5c6ccccc6c6ccccc65)cc4c3c2)cc1. The molecule has 3 heterocycles. The van der Waals surface area contributed by atoms with E-state index in [-0.39, 0.29) is 0 Å². The van der Waals surface area contributed by atoms with Gasteiger partial charge in [0.05, 0.1) is 22.9 Å². The number of nitrogens with zero attached hydrogens (tertiary/aromatic N) is 3. The summed E-state index contributed by atoms with van der Waals surface area (Å²) in [7, 11) is 0. The third-order valence-corrected chi connectivity index (χ3v) is 8.52. The first-order chi connectivity index (χ1) is 19.3. The lowest BCUT2D eigenvalue weighted by Crippen LogP contribution is -2.09. The highest BCUT2D eigenvalue weighted by molar-refractivity contribution is 7.25. The number of anilines is 3. The summed E-state index contributed by atoms with van der Waals surface area (Å²) in [5.41, 5.74) is 6.85. The fourth-order valence-corrected chi connectivity index (χ4v) is 6.71. The summed E-state index contributed by atoms with van der Waals surface area (Å²) in [6.45, 7) is 0. The van der Waals surface area contributed by atoms with Gasteiger partial charge in [-0.25, -0.2) is 4.98 Å².